The molecule has 0 radical (unpaired) electrons. The maximum Gasteiger partial charge on any atom is 0.472 e. The summed E-state index contributed by atoms with van der Waals surface area (Å²) in [6.45, 7) is 1.31. The number of carbonyl (C=O) groups is 2. The molecule has 0 spiro atoms. The van der Waals surface area contributed by atoms with Gasteiger partial charge in [-0.1, -0.05) is 142 Å². The summed E-state index contributed by atoms with van der Waals surface area (Å²) in [6, 6.07) is 0. The second-order valence-electron chi connectivity index (χ2n) is 14.4. The van der Waals surface area contributed by atoms with Crippen molar-refractivity contribution in [2.45, 2.75) is 141 Å². The standard InChI is InChI=1S/C48H76O14P2/c1-3-5-7-9-11-12-13-14-15-16-17-18-19-20-21-22-26-30-34-38-47(51)58-42-46(43-61-64(56,57)60-41-45(50)40-59-63(53,54)55)62-48(52)39-35-31-27-24-23-25-29-33-37-44(49)36-32-28-10-8-6-4-2/h5-8,11-12,14-15,17-18,20-21,24-25,27-29,32-33,37,44-46,49-50H,3-4,9-10,13,16,19,22-23,26,30-31,34-36,38-43H2,1-2H3,(H,56,57)(H2,53,54,55)/b7-5-,8-6-,12-11-,15-14-,18-17-,21-20-,27-24-,29-25-,32-28-,37-33+/t44?,45-,46+/m0/s1. The Hall–Kier alpha value is -3.52. The largest absolute Gasteiger partial charge is 0.472 e. The number of phosphoric acid groups is 2. The average Bonchev–Trinajstić information content (AvgIpc) is 3.25. The van der Waals surface area contributed by atoms with E-state index < -0.39 is 72.3 Å². The Balaban J connectivity index is 4.74. The summed E-state index contributed by atoms with van der Waals surface area (Å²) in [5, 5.41) is 19.8. The van der Waals surface area contributed by atoms with Gasteiger partial charge in [-0.3, -0.25) is 23.2 Å². The summed E-state index contributed by atoms with van der Waals surface area (Å²) in [5.41, 5.74) is 0. The van der Waals surface area contributed by atoms with Crippen molar-refractivity contribution in [3.63, 3.8) is 0 Å². The van der Waals surface area contributed by atoms with Crippen LogP contribution in [0.5, 0.6) is 0 Å². The second-order valence-corrected chi connectivity index (χ2v) is 17.1. The third-order valence-corrected chi connectivity index (χ3v) is 9.85. The number of esters is 2. The monoisotopic (exact) mass is 938 g/mol. The molecule has 0 rings (SSSR count). The highest BCUT2D eigenvalue weighted by Gasteiger charge is 2.28. The van der Waals surface area contributed by atoms with Crippen LogP contribution in [0.1, 0.15) is 123 Å². The van der Waals surface area contributed by atoms with Gasteiger partial charge in [-0.25, -0.2) is 9.13 Å². The van der Waals surface area contributed by atoms with Gasteiger partial charge in [0.05, 0.1) is 25.9 Å². The molecule has 0 saturated heterocycles. The van der Waals surface area contributed by atoms with Crippen molar-refractivity contribution in [3.8, 4) is 0 Å². The molecule has 14 nitrogen and oxygen atoms in total. The van der Waals surface area contributed by atoms with E-state index in [4.69, 9.17) is 23.8 Å². The van der Waals surface area contributed by atoms with Gasteiger partial charge in [0.15, 0.2) is 6.10 Å². The molecule has 0 heterocycles. The normalized spacial score (nSPS) is 15.5. The molecule has 0 bridgehead atoms. The Kier molecular flexibility index (Phi) is 39.8. The number of hydrogen-bond acceptors (Lipinski definition) is 11. The summed E-state index contributed by atoms with van der Waals surface area (Å²) < 4.78 is 47.7. The summed E-state index contributed by atoms with van der Waals surface area (Å²) in [7, 11) is -9.75. The minimum Gasteiger partial charge on any atom is -0.462 e. The van der Waals surface area contributed by atoms with E-state index in [-0.39, 0.29) is 12.8 Å². The van der Waals surface area contributed by atoms with Crippen LogP contribution in [0.25, 0.3) is 0 Å². The quantitative estimate of drug-likeness (QED) is 0.0127. The van der Waals surface area contributed by atoms with Crippen LogP contribution in [0.15, 0.2) is 122 Å². The Morgan fingerprint density at radius 1 is 0.516 bits per heavy atom. The molecule has 0 aromatic rings. The van der Waals surface area contributed by atoms with Crippen molar-refractivity contribution < 1.29 is 66.7 Å². The Morgan fingerprint density at radius 2 is 1.00 bits per heavy atom. The predicted molar refractivity (Wildman–Crippen MR) is 254 cm³/mol. The maximum atomic E-state index is 12.7. The molecule has 0 amide bonds. The molecule has 362 valence electrons. The third-order valence-electron chi connectivity index (χ3n) is 8.42. The van der Waals surface area contributed by atoms with Gasteiger partial charge in [-0.05, 0) is 89.9 Å². The lowest BCUT2D eigenvalue weighted by molar-refractivity contribution is -0.161. The van der Waals surface area contributed by atoms with Gasteiger partial charge < -0.3 is 34.4 Å². The predicted octanol–water partition coefficient (Wildman–Crippen LogP) is 10.6. The second kappa shape index (κ2) is 42.1. The Labute approximate surface area is 382 Å². The molecule has 64 heavy (non-hydrogen) atoms. The van der Waals surface area contributed by atoms with Gasteiger partial charge in [-0.15, -0.1) is 0 Å². The maximum absolute atomic E-state index is 12.7. The van der Waals surface area contributed by atoms with Crippen LogP contribution in [-0.2, 0) is 41.8 Å². The van der Waals surface area contributed by atoms with E-state index in [1.807, 2.05) is 36.5 Å². The molecule has 0 aliphatic rings. The lowest BCUT2D eigenvalue weighted by atomic mass is 10.1. The van der Waals surface area contributed by atoms with E-state index in [0.29, 0.717) is 32.1 Å². The minimum absolute atomic E-state index is 0.00548. The first-order valence-corrected chi connectivity index (χ1v) is 25.4. The fourth-order valence-corrected chi connectivity index (χ4v) is 6.24. The molecular formula is C48H76O14P2. The molecule has 0 aliphatic carbocycles. The van der Waals surface area contributed by atoms with Crippen molar-refractivity contribution in [2.24, 2.45) is 0 Å². The van der Waals surface area contributed by atoms with Gasteiger partial charge in [0.1, 0.15) is 12.7 Å². The number of ether oxygens (including phenoxy) is 2. The number of unbranched alkanes of at least 4 members (excludes halogenated alkanes) is 4. The van der Waals surface area contributed by atoms with Crippen LogP contribution in [0, 0.1) is 0 Å². The molecule has 0 saturated carbocycles. The first kappa shape index (κ1) is 60.5. The number of hydrogen-bond donors (Lipinski definition) is 5. The number of allylic oxidation sites excluding steroid dienone is 18. The van der Waals surface area contributed by atoms with Crippen molar-refractivity contribution >= 4 is 27.6 Å². The number of rotatable bonds is 40. The van der Waals surface area contributed by atoms with E-state index in [0.717, 1.165) is 64.2 Å². The van der Waals surface area contributed by atoms with E-state index in [9.17, 15) is 33.8 Å². The van der Waals surface area contributed by atoms with Crippen LogP contribution in [0.3, 0.4) is 0 Å². The summed E-state index contributed by atoms with van der Waals surface area (Å²) in [6.07, 6.45) is 49.4. The molecule has 0 aromatic carbocycles. The van der Waals surface area contributed by atoms with Gasteiger partial charge in [0, 0.05) is 12.8 Å². The molecule has 0 aromatic heterocycles. The number of aliphatic hydroxyl groups is 2. The molecular weight excluding hydrogens is 862 g/mol. The number of aliphatic hydroxyl groups excluding tert-OH is 2. The number of phosphoric ester groups is 2. The number of carbonyl (C=O) groups excluding carboxylic acids is 2. The van der Waals surface area contributed by atoms with Crippen LogP contribution in [0.4, 0.5) is 0 Å². The van der Waals surface area contributed by atoms with Gasteiger partial charge in [0.2, 0.25) is 0 Å². The van der Waals surface area contributed by atoms with E-state index in [2.05, 4.69) is 95.8 Å². The van der Waals surface area contributed by atoms with Crippen molar-refractivity contribution in [1.29, 1.82) is 0 Å². The summed E-state index contributed by atoms with van der Waals surface area (Å²) >= 11 is 0. The highest BCUT2D eigenvalue weighted by molar-refractivity contribution is 7.47. The molecule has 0 fully saturated rings. The van der Waals surface area contributed by atoms with Gasteiger partial charge >= 0.3 is 27.6 Å². The molecule has 2 unspecified atom stereocenters. The Morgan fingerprint density at radius 3 is 1.58 bits per heavy atom. The summed E-state index contributed by atoms with van der Waals surface area (Å²) in [4.78, 5) is 52.7. The van der Waals surface area contributed by atoms with E-state index in [1.165, 1.54) is 0 Å². The average molecular weight is 939 g/mol. The van der Waals surface area contributed by atoms with Gasteiger partial charge in [-0.2, -0.15) is 0 Å². The van der Waals surface area contributed by atoms with Crippen molar-refractivity contribution in [3.05, 3.63) is 122 Å². The topological polar surface area (TPSA) is 216 Å². The first-order valence-electron chi connectivity index (χ1n) is 22.3. The van der Waals surface area contributed by atoms with Crippen molar-refractivity contribution in [1.82, 2.24) is 0 Å². The zero-order valence-electron chi connectivity index (χ0n) is 37.9. The highest BCUT2D eigenvalue weighted by atomic mass is 31.2. The molecule has 4 atom stereocenters. The van der Waals surface area contributed by atoms with Crippen molar-refractivity contribution in [2.75, 3.05) is 26.4 Å². The van der Waals surface area contributed by atoms with Gasteiger partial charge in [0.25, 0.3) is 0 Å². The third kappa shape index (κ3) is 45.1. The van der Waals surface area contributed by atoms with Crippen LogP contribution >= 0.6 is 15.6 Å². The molecule has 0 aliphatic heterocycles. The minimum atomic E-state index is -4.89. The smallest absolute Gasteiger partial charge is 0.462 e. The first-order chi connectivity index (χ1) is 30.8. The summed E-state index contributed by atoms with van der Waals surface area (Å²) in [5.74, 6) is -1.19. The van der Waals surface area contributed by atoms with E-state index >= 15 is 0 Å². The highest BCUT2D eigenvalue weighted by Crippen LogP contribution is 2.43. The van der Waals surface area contributed by atoms with Crippen LogP contribution in [-0.4, -0.2) is 81.6 Å². The zero-order valence-corrected chi connectivity index (χ0v) is 39.7. The molecule has 5 N–H and O–H groups in total. The fraction of sp³-hybridized carbons (Fsp3) is 0.542. The Bertz CT molecular complexity index is 1600. The van der Waals surface area contributed by atoms with Crippen LogP contribution < -0.4 is 0 Å². The zero-order chi connectivity index (χ0) is 47.4. The van der Waals surface area contributed by atoms with Crippen LogP contribution in [0.2, 0.25) is 0 Å². The lowest BCUT2D eigenvalue weighted by Gasteiger charge is -2.20. The fourth-order valence-electron chi connectivity index (χ4n) is 5.08. The lowest BCUT2D eigenvalue weighted by Crippen LogP contribution is -2.29. The molecule has 16 heteroatoms. The SMILES string of the molecule is CC/C=C\C/C=C\C/C=C\C/C=C\C/C=C\CCCCCC(=O)OC[C@H](COP(=O)(O)OC[C@@H](O)COP(=O)(O)O)OC(=O)CCC/C=C\C/C=C\C=C\C(O)C/C=C\C/C=C\CC. The van der Waals surface area contributed by atoms with E-state index in [1.54, 1.807) is 12.2 Å².